The Hall–Kier alpha value is -2.51. The first kappa shape index (κ1) is 14.4. The second-order valence-electron chi connectivity index (χ2n) is 4.83. The molecule has 116 valence electrons. The summed E-state index contributed by atoms with van der Waals surface area (Å²) in [5.41, 5.74) is 2.74. The lowest BCUT2D eigenvalue weighted by molar-refractivity contribution is -0.137. The quantitative estimate of drug-likeness (QED) is 0.926. The second kappa shape index (κ2) is 5.36. The summed E-state index contributed by atoms with van der Waals surface area (Å²) in [5, 5.41) is 7.81. The predicted octanol–water partition coefficient (Wildman–Crippen LogP) is 2.39. The molecular weight excluding hydrogens is 297 g/mol. The molecule has 1 N–H and O–H groups in total. The summed E-state index contributed by atoms with van der Waals surface area (Å²) in [6.07, 6.45) is -1.54. The van der Waals surface area contributed by atoms with Crippen LogP contribution in [-0.4, -0.2) is 28.8 Å². The highest BCUT2D eigenvalue weighted by molar-refractivity contribution is 5.95. The Labute approximate surface area is 124 Å². The fourth-order valence-electron chi connectivity index (χ4n) is 2.23. The van der Waals surface area contributed by atoms with Crippen molar-refractivity contribution >= 4 is 5.90 Å². The summed E-state index contributed by atoms with van der Waals surface area (Å²) in [6, 6.07) is 4.02. The van der Waals surface area contributed by atoms with Gasteiger partial charge in [0.05, 0.1) is 18.3 Å². The normalized spacial score (nSPS) is 15.0. The molecule has 8 heteroatoms. The molecule has 0 fully saturated rings. The summed E-state index contributed by atoms with van der Waals surface area (Å²) in [6.45, 7) is 0.897. The fourth-order valence-corrected chi connectivity index (χ4v) is 2.23. The molecule has 0 spiro atoms. The molecule has 0 atom stereocenters. The first-order valence-electron chi connectivity index (χ1n) is 6.59. The highest BCUT2D eigenvalue weighted by atomic mass is 19.4. The summed E-state index contributed by atoms with van der Waals surface area (Å²) >= 11 is 0. The number of hydrogen-bond donors (Lipinski definition) is 1. The van der Waals surface area contributed by atoms with Gasteiger partial charge in [0.25, 0.3) is 0 Å². The van der Waals surface area contributed by atoms with Crippen molar-refractivity contribution in [2.75, 3.05) is 13.2 Å². The van der Waals surface area contributed by atoms with Crippen LogP contribution in [0.4, 0.5) is 13.2 Å². The van der Waals surface area contributed by atoms with Crippen LogP contribution in [0.3, 0.4) is 0 Å². The van der Waals surface area contributed by atoms with E-state index in [1.807, 2.05) is 0 Å². The molecule has 0 amide bonds. The molecule has 0 saturated heterocycles. The number of ether oxygens (including phenoxy) is 1. The molecule has 1 aromatic carbocycles. The standard InChI is InChI=1S/C14H13F3N4O/c1-21-8-10(7-19-21)11-3-2-9(6-12(11)14(15,16)17)13-20-18-4-5-22-13/h2-3,6-8,18H,4-5H2,1H3. The molecule has 2 heterocycles. The van der Waals surface area contributed by atoms with Crippen LogP contribution in [0.25, 0.3) is 11.1 Å². The lowest BCUT2D eigenvalue weighted by atomic mass is 9.99. The van der Waals surface area contributed by atoms with Gasteiger partial charge >= 0.3 is 6.18 Å². The van der Waals surface area contributed by atoms with Crippen molar-refractivity contribution in [1.29, 1.82) is 0 Å². The minimum Gasteiger partial charge on any atom is -0.474 e. The van der Waals surface area contributed by atoms with Crippen LogP contribution < -0.4 is 5.43 Å². The minimum atomic E-state index is -4.48. The van der Waals surface area contributed by atoms with Gasteiger partial charge in [-0.2, -0.15) is 18.3 Å². The molecule has 3 rings (SSSR count). The van der Waals surface area contributed by atoms with E-state index in [1.54, 1.807) is 19.3 Å². The number of aromatic nitrogens is 2. The zero-order valence-corrected chi connectivity index (χ0v) is 11.7. The average molecular weight is 310 g/mol. The van der Waals surface area contributed by atoms with E-state index in [0.29, 0.717) is 18.7 Å². The van der Waals surface area contributed by atoms with E-state index < -0.39 is 11.7 Å². The Kier molecular flexibility index (Phi) is 3.51. The predicted molar refractivity (Wildman–Crippen MR) is 74.1 cm³/mol. The highest BCUT2D eigenvalue weighted by Crippen LogP contribution is 2.37. The van der Waals surface area contributed by atoms with Gasteiger partial charge in [0.1, 0.15) is 6.61 Å². The third-order valence-electron chi connectivity index (χ3n) is 3.22. The van der Waals surface area contributed by atoms with Crippen molar-refractivity contribution in [3.8, 4) is 11.1 Å². The van der Waals surface area contributed by atoms with E-state index in [-0.39, 0.29) is 17.0 Å². The number of hydrazone groups is 1. The molecule has 1 aromatic heterocycles. The lowest BCUT2D eigenvalue weighted by Crippen LogP contribution is -2.26. The van der Waals surface area contributed by atoms with Crippen molar-refractivity contribution in [3.05, 3.63) is 41.7 Å². The molecular formula is C14H13F3N4O. The molecule has 5 nitrogen and oxygen atoms in total. The summed E-state index contributed by atoms with van der Waals surface area (Å²) < 4.78 is 46.8. The first-order chi connectivity index (χ1) is 10.4. The number of benzene rings is 1. The van der Waals surface area contributed by atoms with E-state index in [4.69, 9.17) is 4.74 Å². The largest absolute Gasteiger partial charge is 0.474 e. The number of aryl methyl sites for hydroxylation is 1. The Bertz CT molecular complexity index is 721. The van der Waals surface area contributed by atoms with Crippen LogP contribution in [0.2, 0.25) is 0 Å². The minimum absolute atomic E-state index is 0.0775. The molecule has 0 saturated carbocycles. The SMILES string of the molecule is Cn1cc(-c2ccc(C3=NNCCO3)cc2C(F)(F)F)cn1. The number of nitrogens with zero attached hydrogens (tertiary/aromatic N) is 3. The topological polar surface area (TPSA) is 51.4 Å². The van der Waals surface area contributed by atoms with Crippen LogP contribution in [0.15, 0.2) is 35.7 Å². The number of hydrogen-bond acceptors (Lipinski definition) is 4. The fraction of sp³-hybridized carbons (Fsp3) is 0.286. The van der Waals surface area contributed by atoms with Crippen molar-refractivity contribution in [1.82, 2.24) is 15.2 Å². The van der Waals surface area contributed by atoms with Gasteiger partial charge in [-0.15, -0.1) is 5.10 Å². The van der Waals surface area contributed by atoms with Crippen LogP contribution in [-0.2, 0) is 18.0 Å². The maximum Gasteiger partial charge on any atom is 0.417 e. The molecule has 2 aromatic rings. The van der Waals surface area contributed by atoms with Crippen LogP contribution >= 0.6 is 0 Å². The monoisotopic (exact) mass is 310 g/mol. The van der Waals surface area contributed by atoms with Crippen molar-refractivity contribution < 1.29 is 17.9 Å². The summed E-state index contributed by atoms with van der Waals surface area (Å²) in [7, 11) is 1.65. The maximum atomic E-state index is 13.4. The van der Waals surface area contributed by atoms with Gasteiger partial charge in [0, 0.05) is 24.4 Å². The third-order valence-corrected chi connectivity index (χ3v) is 3.22. The van der Waals surface area contributed by atoms with Crippen molar-refractivity contribution in [2.45, 2.75) is 6.18 Å². The average Bonchev–Trinajstić information content (AvgIpc) is 2.93. The Morgan fingerprint density at radius 3 is 2.68 bits per heavy atom. The summed E-state index contributed by atoms with van der Waals surface area (Å²) in [5.74, 6) is 0.162. The second-order valence-corrected chi connectivity index (χ2v) is 4.83. The Balaban J connectivity index is 2.10. The maximum absolute atomic E-state index is 13.4. The molecule has 0 radical (unpaired) electrons. The molecule has 1 aliphatic heterocycles. The molecule has 0 aliphatic carbocycles. The van der Waals surface area contributed by atoms with Crippen LogP contribution in [0, 0.1) is 0 Å². The van der Waals surface area contributed by atoms with Gasteiger partial charge in [0.15, 0.2) is 0 Å². The Morgan fingerprint density at radius 1 is 1.27 bits per heavy atom. The number of halogens is 3. The zero-order valence-electron chi connectivity index (χ0n) is 11.7. The van der Waals surface area contributed by atoms with Gasteiger partial charge in [-0.05, 0) is 17.7 Å². The zero-order chi connectivity index (χ0) is 15.7. The van der Waals surface area contributed by atoms with Gasteiger partial charge in [0.2, 0.25) is 5.90 Å². The summed E-state index contributed by atoms with van der Waals surface area (Å²) in [4.78, 5) is 0. The Morgan fingerprint density at radius 2 is 2.09 bits per heavy atom. The molecule has 0 bridgehead atoms. The van der Waals surface area contributed by atoms with E-state index in [0.717, 1.165) is 6.07 Å². The number of alkyl halides is 3. The van der Waals surface area contributed by atoms with Crippen LogP contribution in [0.1, 0.15) is 11.1 Å². The van der Waals surface area contributed by atoms with Gasteiger partial charge < -0.3 is 10.2 Å². The van der Waals surface area contributed by atoms with Crippen LogP contribution in [0.5, 0.6) is 0 Å². The number of rotatable bonds is 2. The van der Waals surface area contributed by atoms with E-state index in [9.17, 15) is 13.2 Å². The molecule has 22 heavy (non-hydrogen) atoms. The highest BCUT2D eigenvalue weighted by Gasteiger charge is 2.34. The van der Waals surface area contributed by atoms with E-state index in [1.165, 1.54) is 16.9 Å². The van der Waals surface area contributed by atoms with Gasteiger partial charge in [-0.1, -0.05) is 6.07 Å². The third kappa shape index (κ3) is 2.76. The van der Waals surface area contributed by atoms with E-state index in [2.05, 4.69) is 15.6 Å². The van der Waals surface area contributed by atoms with E-state index >= 15 is 0 Å². The first-order valence-corrected chi connectivity index (χ1v) is 6.59. The molecule has 1 aliphatic rings. The molecule has 0 unspecified atom stereocenters. The van der Waals surface area contributed by atoms with Crippen molar-refractivity contribution in [3.63, 3.8) is 0 Å². The lowest BCUT2D eigenvalue weighted by Gasteiger charge is -2.17. The van der Waals surface area contributed by atoms with Crippen molar-refractivity contribution in [2.24, 2.45) is 12.1 Å². The smallest absolute Gasteiger partial charge is 0.417 e. The van der Waals surface area contributed by atoms with Gasteiger partial charge in [-0.25, -0.2) is 0 Å². The van der Waals surface area contributed by atoms with Gasteiger partial charge in [-0.3, -0.25) is 4.68 Å². The number of nitrogens with one attached hydrogen (secondary N) is 1.